The van der Waals surface area contributed by atoms with Gasteiger partial charge in [-0.15, -0.1) is 0 Å². The molecule has 3 rings (SSSR count). The fraction of sp³-hybridized carbons (Fsp3) is 0.150. The van der Waals surface area contributed by atoms with Crippen molar-refractivity contribution < 1.29 is 23.5 Å². The summed E-state index contributed by atoms with van der Waals surface area (Å²) in [6, 6.07) is 8.58. The first-order valence-electron chi connectivity index (χ1n) is 8.53. The number of thiocarbonyl (C=S) groups is 1. The van der Waals surface area contributed by atoms with Gasteiger partial charge in [-0.25, -0.2) is 4.39 Å². The molecule has 2 aromatic carbocycles. The molecule has 1 fully saturated rings. The van der Waals surface area contributed by atoms with Crippen molar-refractivity contribution >= 4 is 56.8 Å². The van der Waals surface area contributed by atoms with Gasteiger partial charge in [0.25, 0.3) is 11.8 Å². The van der Waals surface area contributed by atoms with Gasteiger partial charge in [0.15, 0.2) is 16.6 Å². The number of hydrogen-bond donors (Lipinski definition) is 1. The molecule has 2 amide bonds. The molecule has 1 aliphatic rings. The number of nitrogens with zero attached hydrogens (tertiary/aromatic N) is 1. The third-order valence-electron chi connectivity index (χ3n) is 4.07. The van der Waals surface area contributed by atoms with Crippen LogP contribution in [0.2, 0.25) is 0 Å². The molecule has 0 atom stereocenters. The van der Waals surface area contributed by atoms with E-state index in [9.17, 15) is 14.0 Å². The number of amides is 2. The summed E-state index contributed by atoms with van der Waals surface area (Å²) in [7, 11) is 1.50. The summed E-state index contributed by atoms with van der Waals surface area (Å²) >= 11 is 8.55. The van der Waals surface area contributed by atoms with E-state index in [0.717, 1.165) is 4.90 Å². The van der Waals surface area contributed by atoms with Crippen LogP contribution in [0.3, 0.4) is 0 Å². The van der Waals surface area contributed by atoms with Gasteiger partial charge in [0, 0.05) is 4.47 Å². The van der Waals surface area contributed by atoms with Crippen LogP contribution in [-0.4, -0.2) is 30.6 Å². The normalized spacial score (nSPS) is 15.5. The molecule has 1 N–H and O–H groups in total. The molecule has 0 saturated carbocycles. The Kier molecular flexibility index (Phi) is 6.29. The van der Waals surface area contributed by atoms with Crippen molar-refractivity contribution in [2.75, 3.05) is 18.6 Å². The Bertz CT molecular complexity index is 1020. The van der Waals surface area contributed by atoms with Gasteiger partial charge in [-0.3, -0.25) is 19.8 Å². The standard InChI is InChI=1S/C20H16BrFN2O4S/c1-3-28-17-10-15(21)11(9-16(17)27-2)8-14-18(25)23-20(29)24(19(14)26)13-6-4-12(22)5-7-13/h4-10H,3H2,1-2H3,(H,23,25,29). The van der Waals surface area contributed by atoms with E-state index in [1.165, 1.54) is 37.5 Å². The average Bonchev–Trinajstić information content (AvgIpc) is 2.68. The molecule has 0 spiro atoms. The van der Waals surface area contributed by atoms with Crippen LogP contribution in [0.1, 0.15) is 12.5 Å². The zero-order chi connectivity index (χ0) is 21.1. The number of methoxy groups -OCH3 is 1. The number of rotatable bonds is 5. The fourth-order valence-corrected chi connectivity index (χ4v) is 3.44. The molecule has 1 heterocycles. The second kappa shape index (κ2) is 8.71. The predicted octanol–water partition coefficient (Wildman–Crippen LogP) is 3.83. The minimum atomic E-state index is -0.627. The van der Waals surface area contributed by atoms with E-state index < -0.39 is 17.6 Å². The maximum Gasteiger partial charge on any atom is 0.270 e. The van der Waals surface area contributed by atoms with E-state index in [2.05, 4.69) is 21.2 Å². The lowest BCUT2D eigenvalue weighted by atomic mass is 10.1. The van der Waals surface area contributed by atoms with Crippen LogP contribution >= 0.6 is 28.1 Å². The van der Waals surface area contributed by atoms with Crippen LogP contribution in [0.5, 0.6) is 11.5 Å². The highest BCUT2D eigenvalue weighted by atomic mass is 79.9. The number of ether oxygens (including phenoxy) is 2. The Labute approximate surface area is 180 Å². The maximum atomic E-state index is 13.2. The summed E-state index contributed by atoms with van der Waals surface area (Å²) in [5.74, 6) is -0.716. The molecule has 0 bridgehead atoms. The van der Waals surface area contributed by atoms with E-state index in [4.69, 9.17) is 21.7 Å². The Morgan fingerprint density at radius 1 is 1.21 bits per heavy atom. The zero-order valence-electron chi connectivity index (χ0n) is 15.5. The third-order valence-corrected chi connectivity index (χ3v) is 5.04. The molecule has 0 unspecified atom stereocenters. The lowest BCUT2D eigenvalue weighted by Crippen LogP contribution is -2.54. The number of nitrogens with one attached hydrogen (secondary N) is 1. The van der Waals surface area contributed by atoms with Gasteiger partial charge in [-0.2, -0.15) is 0 Å². The monoisotopic (exact) mass is 478 g/mol. The molecule has 0 radical (unpaired) electrons. The van der Waals surface area contributed by atoms with E-state index in [0.29, 0.717) is 33.8 Å². The quantitative estimate of drug-likeness (QED) is 0.401. The number of benzene rings is 2. The third kappa shape index (κ3) is 4.30. The first-order chi connectivity index (χ1) is 13.8. The average molecular weight is 479 g/mol. The number of carbonyl (C=O) groups excluding carboxylic acids is 2. The molecular weight excluding hydrogens is 463 g/mol. The van der Waals surface area contributed by atoms with E-state index in [1.54, 1.807) is 12.1 Å². The highest BCUT2D eigenvalue weighted by Crippen LogP contribution is 2.35. The van der Waals surface area contributed by atoms with Crippen molar-refractivity contribution in [1.82, 2.24) is 5.32 Å². The Balaban J connectivity index is 2.03. The number of hydrogen-bond acceptors (Lipinski definition) is 5. The summed E-state index contributed by atoms with van der Waals surface area (Å²) in [6.07, 6.45) is 1.43. The lowest BCUT2D eigenvalue weighted by Gasteiger charge is -2.29. The first-order valence-corrected chi connectivity index (χ1v) is 9.73. The highest BCUT2D eigenvalue weighted by Gasteiger charge is 2.34. The van der Waals surface area contributed by atoms with Gasteiger partial charge in [0.1, 0.15) is 11.4 Å². The second-order valence-corrected chi connectivity index (χ2v) is 7.13. The smallest absolute Gasteiger partial charge is 0.270 e. The van der Waals surface area contributed by atoms with Crippen LogP contribution in [-0.2, 0) is 9.59 Å². The molecule has 150 valence electrons. The molecule has 1 aliphatic heterocycles. The minimum absolute atomic E-state index is 0.0768. The van der Waals surface area contributed by atoms with Crippen molar-refractivity contribution in [1.29, 1.82) is 0 Å². The molecule has 29 heavy (non-hydrogen) atoms. The van der Waals surface area contributed by atoms with Crippen molar-refractivity contribution in [2.24, 2.45) is 0 Å². The van der Waals surface area contributed by atoms with Gasteiger partial charge in [-0.1, -0.05) is 15.9 Å². The largest absolute Gasteiger partial charge is 0.493 e. The van der Waals surface area contributed by atoms with Crippen LogP contribution < -0.4 is 19.7 Å². The Morgan fingerprint density at radius 2 is 1.90 bits per heavy atom. The predicted molar refractivity (Wildman–Crippen MR) is 114 cm³/mol. The van der Waals surface area contributed by atoms with Gasteiger partial charge in [0.05, 0.1) is 19.4 Å². The summed E-state index contributed by atoms with van der Waals surface area (Å²) in [5, 5.41) is 2.41. The van der Waals surface area contributed by atoms with Gasteiger partial charge in [-0.05, 0) is 67.2 Å². The van der Waals surface area contributed by atoms with Gasteiger partial charge < -0.3 is 9.47 Å². The summed E-state index contributed by atoms with van der Waals surface area (Å²) in [6.45, 7) is 2.30. The zero-order valence-corrected chi connectivity index (χ0v) is 17.9. The molecular formula is C20H16BrFN2O4S. The van der Waals surface area contributed by atoms with Crippen LogP contribution in [0.25, 0.3) is 6.08 Å². The van der Waals surface area contributed by atoms with Crippen LogP contribution in [0.4, 0.5) is 10.1 Å². The Morgan fingerprint density at radius 3 is 2.52 bits per heavy atom. The number of halogens is 2. The maximum absolute atomic E-state index is 13.2. The SMILES string of the molecule is CCOc1cc(Br)c(C=C2C(=O)NC(=S)N(c3ccc(F)cc3)C2=O)cc1OC. The lowest BCUT2D eigenvalue weighted by molar-refractivity contribution is -0.122. The fourth-order valence-electron chi connectivity index (χ4n) is 2.73. The Hall–Kier alpha value is -2.78. The van der Waals surface area contributed by atoms with E-state index in [1.807, 2.05) is 6.92 Å². The van der Waals surface area contributed by atoms with Crippen molar-refractivity contribution in [2.45, 2.75) is 6.92 Å². The second-order valence-electron chi connectivity index (χ2n) is 5.89. The topological polar surface area (TPSA) is 67.9 Å². The van der Waals surface area contributed by atoms with Gasteiger partial charge in [0.2, 0.25) is 0 Å². The summed E-state index contributed by atoms with van der Waals surface area (Å²) in [4.78, 5) is 26.6. The number of anilines is 1. The van der Waals surface area contributed by atoms with Crippen LogP contribution in [0.15, 0.2) is 46.4 Å². The first kappa shape index (κ1) is 20.9. The summed E-state index contributed by atoms with van der Waals surface area (Å²) in [5.41, 5.74) is 0.751. The van der Waals surface area contributed by atoms with Gasteiger partial charge >= 0.3 is 0 Å². The summed E-state index contributed by atoms with van der Waals surface area (Å²) < 4.78 is 24.7. The van der Waals surface area contributed by atoms with Crippen molar-refractivity contribution in [3.05, 3.63) is 57.8 Å². The van der Waals surface area contributed by atoms with Crippen LogP contribution in [0, 0.1) is 5.82 Å². The number of carbonyl (C=O) groups is 2. The van der Waals surface area contributed by atoms with E-state index >= 15 is 0 Å². The van der Waals surface area contributed by atoms with E-state index in [-0.39, 0.29) is 10.7 Å². The molecule has 9 heteroatoms. The molecule has 6 nitrogen and oxygen atoms in total. The highest BCUT2D eigenvalue weighted by molar-refractivity contribution is 9.10. The minimum Gasteiger partial charge on any atom is -0.493 e. The van der Waals surface area contributed by atoms with Crippen molar-refractivity contribution in [3.8, 4) is 11.5 Å². The van der Waals surface area contributed by atoms with Crippen molar-refractivity contribution in [3.63, 3.8) is 0 Å². The molecule has 0 aliphatic carbocycles. The molecule has 1 saturated heterocycles. The molecule has 2 aromatic rings. The molecule has 0 aromatic heterocycles.